The highest BCUT2D eigenvalue weighted by atomic mass is 35.5. The Balaban J connectivity index is 1.30. The van der Waals surface area contributed by atoms with Gasteiger partial charge in [0.1, 0.15) is 18.1 Å². The number of rotatable bonds is 10. The first-order valence-corrected chi connectivity index (χ1v) is 12.7. The average Bonchev–Trinajstić information content (AvgIpc) is 3.77. The molecule has 1 saturated carbocycles. The molecule has 2 aromatic rings. The number of allylic oxidation sites excluding steroid dienone is 1. The maximum absolute atomic E-state index is 12.2. The number of methoxy groups -OCH3 is 2. The van der Waals surface area contributed by atoms with Crippen molar-refractivity contribution in [2.24, 2.45) is 16.6 Å². The minimum atomic E-state index is 0.0625. The van der Waals surface area contributed by atoms with Gasteiger partial charge in [-0.25, -0.2) is 9.97 Å². The molecule has 2 aliphatic rings. The van der Waals surface area contributed by atoms with E-state index in [0.29, 0.717) is 50.4 Å². The van der Waals surface area contributed by atoms with Crippen molar-refractivity contribution < 1.29 is 19.0 Å². The number of aliphatic imine (C=N–C) groups is 1. The lowest BCUT2D eigenvalue weighted by atomic mass is 10.1. The first kappa shape index (κ1) is 26.8. The van der Waals surface area contributed by atoms with Gasteiger partial charge in [0, 0.05) is 43.1 Å². The number of halogens is 2. The van der Waals surface area contributed by atoms with Gasteiger partial charge in [-0.05, 0) is 25.7 Å². The highest BCUT2D eigenvalue weighted by Gasteiger charge is 2.34. The van der Waals surface area contributed by atoms with Crippen LogP contribution in [0, 0.1) is 5.92 Å². The van der Waals surface area contributed by atoms with Crippen molar-refractivity contribution in [2.45, 2.75) is 38.3 Å². The molecule has 10 nitrogen and oxygen atoms in total. The van der Waals surface area contributed by atoms with Gasteiger partial charge >= 0.3 is 0 Å². The second-order valence-corrected chi connectivity index (χ2v) is 9.53. The molecule has 37 heavy (non-hydrogen) atoms. The molecular weight excluding hydrogens is 519 g/mol. The summed E-state index contributed by atoms with van der Waals surface area (Å²) in [6, 6.07) is 1.76. The number of nitrogens with two attached hydrogens (primary N) is 1. The van der Waals surface area contributed by atoms with E-state index in [1.165, 1.54) is 32.8 Å². The lowest BCUT2D eigenvalue weighted by molar-refractivity contribution is -0.133. The van der Waals surface area contributed by atoms with Crippen LogP contribution in [0.5, 0.6) is 17.2 Å². The maximum atomic E-state index is 12.2. The van der Waals surface area contributed by atoms with Crippen LogP contribution in [-0.2, 0) is 11.4 Å². The minimum Gasteiger partial charge on any atom is -0.495 e. The van der Waals surface area contributed by atoms with Gasteiger partial charge < -0.3 is 30.2 Å². The van der Waals surface area contributed by atoms with Crippen LogP contribution in [-0.4, -0.2) is 60.3 Å². The van der Waals surface area contributed by atoms with E-state index in [-0.39, 0.29) is 18.6 Å². The summed E-state index contributed by atoms with van der Waals surface area (Å²) in [6.07, 6.45) is 9.86. The Kier molecular flexibility index (Phi) is 8.94. The summed E-state index contributed by atoms with van der Waals surface area (Å²) in [7, 11) is 3.02. The zero-order chi connectivity index (χ0) is 26.4. The largest absolute Gasteiger partial charge is 0.495 e. The molecule has 1 amide bonds. The molecule has 3 N–H and O–H groups in total. The molecular formula is C25H30Cl2N6O4. The van der Waals surface area contributed by atoms with Crippen molar-refractivity contribution in [2.75, 3.05) is 32.6 Å². The number of nitrogens with zero attached hydrogens (tertiary/aromatic N) is 4. The van der Waals surface area contributed by atoms with Crippen LogP contribution in [0.15, 0.2) is 35.3 Å². The van der Waals surface area contributed by atoms with E-state index in [0.717, 1.165) is 38.8 Å². The number of ether oxygens (including phenoxy) is 3. The molecule has 1 aliphatic heterocycles. The number of carbonyl (C=O) groups excluding carboxylic acids is 1. The number of benzene rings is 1. The average molecular weight is 549 g/mol. The first-order chi connectivity index (χ1) is 17.9. The Labute approximate surface area is 225 Å². The Bertz CT molecular complexity index is 1130. The number of piperidine rings is 1. The molecule has 4 rings (SSSR count). The van der Waals surface area contributed by atoms with Crippen molar-refractivity contribution in [1.82, 2.24) is 14.9 Å². The highest BCUT2D eigenvalue weighted by Crippen LogP contribution is 2.40. The van der Waals surface area contributed by atoms with Crippen molar-refractivity contribution >= 4 is 41.3 Å². The fourth-order valence-corrected chi connectivity index (χ4v) is 4.54. The van der Waals surface area contributed by atoms with Crippen LogP contribution in [0.4, 0.5) is 5.95 Å². The number of hydrogen-bond donors (Lipinski definition) is 2. The summed E-state index contributed by atoms with van der Waals surface area (Å²) < 4.78 is 16.3. The van der Waals surface area contributed by atoms with Crippen molar-refractivity contribution in [3.05, 3.63) is 46.0 Å². The standard InChI is InChI=1S/C25H30Cl2N6O4/c1-35-20-9-21(36-2)23(27)19(22(20)26)14-37-18-12-30-25(31-13-18)32-17(10-28)11-29-16-5-7-33(8-6-16)24(34)15-3-4-15/h9-13,15-16H,3-8,14,28H2,1-2H3,(H,30,31,32). The molecule has 198 valence electrons. The van der Waals surface area contributed by atoms with E-state index in [2.05, 4.69) is 20.3 Å². The lowest BCUT2D eigenvalue weighted by Crippen LogP contribution is -2.40. The number of likely N-dealkylation sites (tertiary alicyclic amines) is 1. The maximum Gasteiger partial charge on any atom is 0.227 e. The van der Waals surface area contributed by atoms with Gasteiger partial charge in [-0.2, -0.15) is 0 Å². The third kappa shape index (κ3) is 6.75. The SMILES string of the molecule is COc1cc(OC)c(Cl)c(COc2cnc(NC(C=NC3CCN(C(=O)C4CC4)CC3)=CN)nc2)c1Cl. The topological polar surface area (TPSA) is 124 Å². The monoisotopic (exact) mass is 548 g/mol. The minimum absolute atomic E-state index is 0.0625. The van der Waals surface area contributed by atoms with Crippen LogP contribution in [0.2, 0.25) is 10.0 Å². The number of anilines is 1. The van der Waals surface area contributed by atoms with E-state index in [4.69, 9.17) is 43.1 Å². The highest BCUT2D eigenvalue weighted by molar-refractivity contribution is 6.37. The fourth-order valence-electron chi connectivity index (χ4n) is 3.93. The Morgan fingerprint density at radius 3 is 2.30 bits per heavy atom. The van der Waals surface area contributed by atoms with E-state index in [1.54, 1.807) is 12.3 Å². The quantitative estimate of drug-likeness (QED) is 0.426. The summed E-state index contributed by atoms with van der Waals surface area (Å²) in [4.78, 5) is 27.3. The number of carbonyl (C=O) groups is 1. The van der Waals surface area contributed by atoms with Gasteiger partial charge in [0.2, 0.25) is 11.9 Å². The van der Waals surface area contributed by atoms with E-state index in [1.807, 2.05) is 4.90 Å². The Morgan fingerprint density at radius 1 is 1.14 bits per heavy atom. The molecule has 1 saturated heterocycles. The summed E-state index contributed by atoms with van der Waals surface area (Å²) >= 11 is 12.8. The molecule has 0 unspecified atom stereocenters. The smallest absolute Gasteiger partial charge is 0.227 e. The second-order valence-electron chi connectivity index (χ2n) is 8.77. The van der Waals surface area contributed by atoms with Crippen LogP contribution in [0.1, 0.15) is 31.2 Å². The van der Waals surface area contributed by atoms with Crippen molar-refractivity contribution in [3.8, 4) is 17.2 Å². The van der Waals surface area contributed by atoms with Gasteiger partial charge in [0.05, 0.1) is 48.4 Å². The van der Waals surface area contributed by atoms with E-state index >= 15 is 0 Å². The van der Waals surface area contributed by atoms with Gasteiger partial charge in [-0.15, -0.1) is 0 Å². The molecule has 1 aliphatic carbocycles. The fraction of sp³-hybridized carbons (Fsp3) is 0.440. The lowest BCUT2D eigenvalue weighted by Gasteiger charge is -2.30. The van der Waals surface area contributed by atoms with E-state index < -0.39 is 0 Å². The third-order valence-electron chi connectivity index (χ3n) is 6.24. The van der Waals surface area contributed by atoms with Gasteiger partial charge in [0.25, 0.3) is 0 Å². The van der Waals surface area contributed by atoms with Crippen LogP contribution in [0.3, 0.4) is 0 Å². The summed E-state index contributed by atoms with van der Waals surface area (Å²) in [5, 5.41) is 3.71. The molecule has 2 fully saturated rings. The predicted molar refractivity (Wildman–Crippen MR) is 143 cm³/mol. The van der Waals surface area contributed by atoms with Crippen LogP contribution >= 0.6 is 23.2 Å². The Hall–Kier alpha value is -3.24. The Morgan fingerprint density at radius 2 is 1.76 bits per heavy atom. The second kappa shape index (κ2) is 12.3. The number of aromatic nitrogens is 2. The first-order valence-electron chi connectivity index (χ1n) is 12.0. The van der Waals surface area contributed by atoms with Crippen molar-refractivity contribution in [1.29, 1.82) is 0 Å². The molecule has 0 atom stereocenters. The zero-order valence-corrected chi connectivity index (χ0v) is 22.3. The molecule has 0 bridgehead atoms. The molecule has 1 aromatic heterocycles. The summed E-state index contributed by atoms with van der Waals surface area (Å²) in [5.74, 6) is 2.16. The predicted octanol–water partition coefficient (Wildman–Crippen LogP) is 4.06. The third-order valence-corrected chi connectivity index (χ3v) is 7.07. The number of nitrogens with one attached hydrogen (secondary N) is 1. The van der Waals surface area contributed by atoms with Crippen molar-refractivity contribution in [3.63, 3.8) is 0 Å². The van der Waals surface area contributed by atoms with Gasteiger partial charge in [0.15, 0.2) is 5.75 Å². The number of hydrogen-bond acceptors (Lipinski definition) is 9. The molecule has 0 spiro atoms. The normalized spacial score (nSPS) is 16.6. The van der Waals surface area contributed by atoms with Gasteiger partial charge in [-0.1, -0.05) is 23.2 Å². The molecule has 1 aromatic carbocycles. The summed E-state index contributed by atoms with van der Waals surface area (Å²) in [5.41, 5.74) is 6.85. The van der Waals surface area contributed by atoms with Crippen LogP contribution < -0.4 is 25.3 Å². The van der Waals surface area contributed by atoms with Crippen LogP contribution in [0.25, 0.3) is 0 Å². The van der Waals surface area contributed by atoms with Gasteiger partial charge in [-0.3, -0.25) is 9.79 Å². The van der Waals surface area contributed by atoms with E-state index in [9.17, 15) is 4.79 Å². The molecule has 0 radical (unpaired) electrons. The molecule has 12 heteroatoms. The summed E-state index contributed by atoms with van der Waals surface area (Å²) in [6.45, 7) is 1.55. The zero-order valence-electron chi connectivity index (χ0n) is 20.7. The molecule has 2 heterocycles. The number of amides is 1.